The Kier molecular flexibility index (Phi) is 5.40. The number of carbonyl (C=O) groups excluding carboxylic acids is 1. The molecule has 0 spiro atoms. The van der Waals surface area contributed by atoms with Gasteiger partial charge < -0.3 is 10.2 Å². The summed E-state index contributed by atoms with van der Waals surface area (Å²) in [6.45, 7) is 3.95. The van der Waals surface area contributed by atoms with Crippen LogP contribution < -0.4 is 10.2 Å². The minimum atomic E-state index is -0.557. The van der Waals surface area contributed by atoms with Crippen molar-refractivity contribution >= 4 is 17.5 Å². The maximum Gasteiger partial charge on any atom is 0.282 e. The molecule has 26 heavy (non-hydrogen) atoms. The van der Waals surface area contributed by atoms with Crippen molar-refractivity contribution in [3.05, 3.63) is 57.4 Å². The van der Waals surface area contributed by atoms with Gasteiger partial charge in [0, 0.05) is 24.8 Å². The van der Waals surface area contributed by atoms with Crippen LogP contribution in [0.5, 0.6) is 0 Å². The number of nitrogens with zero attached hydrogens (tertiary/aromatic N) is 4. The van der Waals surface area contributed by atoms with Gasteiger partial charge in [-0.2, -0.15) is 0 Å². The van der Waals surface area contributed by atoms with Gasteiger partial charge in [0.2, 0.25) is 5.95 Å². The van der Waals surface area contributed by atoms with Gasteiger partial charge in [0.05, 0.1) is 17.2 Å². The fourth-order valence-electron chi connectivity index (χ4n) is 3.03. The summed E-state index contributed by atoms with van der Waals surface area (Å²) in [4.78, 5) is 34.0. The number of carbonyl (C=O) groups is 1. The van der Waals surface area contributed by atoms with Gasteiger partial charge in [0.15, 0.2) is 0 Å². The van der Waals surface area contributed by atoms with Crippen molar-refractivity contribution in [3.8, 4) is 0 Å². The highest BCUT2D eigenvalue weighted by Gasteiger charge is 2.19. The number of benzene rings is 1. The number of hydrogen-bond acceptors (Lipinski definition) is 6. The quantitative estimate of drug-likeness (QED) is 0.653. The molecule has 1 aromatic heterocycles. The highest BCUT2D eigenvalue weighted by molar-refractivity contribution is 5.98. The SMILES string of the molecule is Cc1cc(CNC(=O)c2ccccc2[N+](=O)[O-])nc(N2CCCCC2)n1. The van der Waals surface area contributed by atoms with Gasteiger partial charge in [-0.3, -0.25) is 14.9 Å². The van der Waals surface area contributed by atoms with Crippen molar-refractivity contribution in [3.63, 3.8) is 0 Å². The van der Waals surface area contributed by atoms with Crippen LogP contribution in [0.15, 0.2) is 30.3 Å². The van der Waals surface area contributed by atoms with Crippen LogP contribution in [-0.4, -0.2) is 33.9 Å². The molecule has 0 aliphatic carbocycles. The zero-order valence-corrected chi connectivity index (χ0v) is 14.6. The molecule has 8 heteroatoms. The van der Waals surface area contributed by atoms with Gasteiger partial charge in [-0.15, -0.1) is 0 Å². The minimum absolute atomic E-state index is 0.0412. The Bertz CT molecular complexity index is 818. The first-order valence-electron chi connectivity index (χ1n) is 8.66. The predicted molar refractivity (Wildman–Crippen MR) is 97.1 cm³/mol. The van der Waals surface area contributed by atoms with E-state index < -0.39 is 10.8 Å². The van der Waals surface area contributed by atoms with Crippen LogP contribution in [0, 0.1) is 17.0 Å². The van der Waals surface area contributed by atoms with Gasteiger partial charge in [-0.05, 0) is 38.3 Å². The molecule has 1 amide bonds. The molecule has 1 fully saturated rings. The van der Waals surface area contributed by atoms with Crippen LogP contribution in [0.3, 0.4) is 0 Å². The lowest BCUT2D eigenvalue weighted by atomic mass is 10.1. The molecular formula is C18H21N5O3. The number of amides is 1. The molecule has 0 saturated carbocycles. The highest BCUT2D eigenvalue weighted by Crippen LogP contribution is 2.18. The average molecular weight is 355 g/mol. The monoisotopic (exact) mass is 355 g/mol. The number of rotatable bonds is 5. The number of nitro groups is 1. The minimum Gasteiger partial charge on any atom is -0.346 e. The third-order valence-corrected chi connectivity index (χ3v) is 4.31. The molecule has 0 radical (unpaired) electrons. The van der Waals surface area contributed by atoms with E-state index in [1.54, 1.807) is 6.07 Å². The third-order valence-electron chi connectivity index (χ3n) is 4.31. The first kappa shape index (κ1) is 17.8. The zero-order valence-electron chi connectivity index (χ0n) is 14.6. The smallest absolute Gasteiger partial charge is 0.282 e. The second kappa shape index (κ2) is 7.90. The fraction of sp³-hybridized carbons (Fsp3) is 0.389. The predicted octanol–water partition coefficient (Wildman–Crippen LogP) is 2.61. The van der Waals surface area contributed by atoms with Crippen molar-refractivity contribution in [2.45, 2.75) is 32.7 Å². The van der Waals surface area contributed by atoms with E-state index >= 15 is 0 Å². The summed E-state index contributed by atoms with van der Waals surface area (Å²) >= 11 is 0. The molecule has 1 N–H and O–H groups in total. The Labute approximate surface area is 151 Å². The van der Waals surface area contributed by atoms with Gasteiger partial charge in [-0.1, -0.05) is 12.1 Å². The number of piperidine rings is 1. The molecule has 8 nitrogen and oxygen atoms in total. The largest absolute Gasteiger partial charge is 0.346 e. The Morgan fingerprint density at radius 3 is 2.69 bits per heavy atom. The topological polar surface area (TPSA) is 101 Å². The molecule has 1 aliphatic heterocycles. The Hall–Kier alpha value is -3.03. The second-order valence-electron chi connectivity index (χ2n) is 6.31. The third kappa shape index (κ3) is 4.14. The highest BCUT2D eigenvalue weighted by atomic mass is 16.6. The number of nitrogens with one attached hydrogen (secondary N) is 1. The molecule has 0 bridgehead atoms. The van der Waals surface area contributed by atoms with E-state index in [1.807, 2.05) is 13.0 Å². The van der Waals surface area contributed by atoms with E-state index in [0.717, 1.165) is 31.6 Å². The Balaban J connectivity index is 1.72. The van der Waals surface area contributed by atoms with Crippen LogP contribution in [-0.2, 0) is 6.54 Å². The lowest BCUT2D eigenvalue weighted by molar-refractivity contribution is -0.385. The molecule has 1 aliphatic rings. The standard InChI is InChI=1S/C18H21N5O3/c1-13-11-14(21-18(20-13)22-9-5-2-6-10-22)12-19-17(24)15-7-3-4-8-16(15)23(25)26/h3-4,7-8,11H,2,5-6,9-10,12H2,1H3,(H,19,24). The van der Waals surface area contributed by atoms with Gasteiger partial charge in [0.1, 0.15) is 5.56 Å². The van der Waals surface area contributed by atoms with Crippen LogP contribution in [0.4, 0.5) is 11.6 Å². The molecule has 136 valence electrons. The number of anilines is 1. The molecule has 0 atom stereocenters. The molecule has 1 saturated heterocycles. The van der Waals surface area contributed by atoms with E-state index in [9.17, 15) is 14.9 Å². The van der Waals surface area contributed by atoms with Crippen LogP contribution >= 0.6 is 0 Å². The molecule has 2 heterocycles. The first-order chi connectivity index (χ1) is 12.5. The summed E-state index contributed by atoms with van der Waals surface area (Å²) in [5, 5.41) is 13.8. The number of aromatic nitrogens is 2. The van der Waals surface area contributed by atoms with E-state index in [4.69, 9.17) is 0 Å². The molecular weight excluding hydrogens is 334 g/mol. The second-order valence-corrected chi connectivity index (χ2v) is 6.31. The Morgan fingerprint density at radius 2 is 1.96 bits per heavy atom. The summed E-state index contributed by atoms with van der Waals surface area (Å²) in [7, 11) is 0. The number of hydrogen-bond donors (Lipinski definition) is 1. The molecule has 3 rings (SSSR count). The van der Waals surface area contributed by atoms with Crippen molar-refractivity contribution in [1.82, 2.24) is 15.3 Å². The summed E-state index contributed by atoms with van der Waals surface area (Å²) in [6.07, 6.45) is 3.48. The number of aryl methyl sites for hydroxylation is 1. The van der Waals surface area contributed by atoms with Gasteiger partial charge in [-0.25, -0.2) is 9.97 Å². The number of nitro benzene ring substituents is 1. The van der Waals surface area contributed by atoms with Gasteiger partial charge in [0.25, 0.3) is 11.6 Å². The first-order valence-corrected chi connectivity index (χ1v) is 8.66. The summed E-state index contributed by atoms with van der Waals surface area (Å²) in [5.74, 6) is 0.188. The molecule has 0 unspecified atom stereocenters. The van der Waals surface area contributed by atoms with Crippen LogP contribution in [0.2, 0.25) is 0 Å². The molecule has 2 aromatic rings. The van der Waals surface area contributed by atoms with Crippen LogP contribution in [0.1, 0.15) is 41.0 Å². The summed E-state index contributed by atoms with van der Waals surface area (Å²) in [5.41, 5.74) is 1.35. The van der Waals surface area contributed by atoms with E-state index in [0.29, 0.717) is 11.6 Å². The van der Waals surface area contributed by atoms with Crippen molar-refractivity contribution in [1.29, 1.82) is 0 Å². The normalized spacial score (nSPS) is 14.1. The maximum absolute atomic E-state index is 12.3. The van der Waals surface area contributed by atoms with E-state index in [1.165, 1.54) is 24.6 Å². The number of para-hydroxylation sites is 1. The van der Waals surface area contributed by atoms with Crippen molar-refractivity contribution in [2.24, 2.45) is 0 Å². The van der Waals surface area contributed by atoms with E-state index in [-0.39, 0.29) is 17.8 Å². The van der Waals surface area contributed by atoms with E-state index in [2.05, 4.69) is 20.2 Å². The lowest BCUT2D eigenvalue weighted by Crippen LogP contribution is -2.32. The average Bonchev–Trinajstić information content (AvgIpc) is 2.66. The summed E-state index contributed by atoms with van der Waals surface area (Å²) < 4.78 is 0. The van der Waals surface area contributed by atoms with Crippen LogP contribution in [0.25, 0.3) is 0 Å². The van der Waals surface area contributed by atoms with Crippen molar-refractivity contribution in [2.75, 3.05) is 18.0 Å². The fourth-order valence-corrected chi connectivity index (χ4v) is 3.03. The lowest BCUT2D eigenvalue weighted by Gasteiger charge is -2.27. The maximum atomic E-state index is 12.3. The zero-order chi connectivity index (χ0) is 18.5. The summed E-state index contributed by atoms with van der Waals surface area (Å²) in [6, 6.07) is 7.71. The Morgan fingerprint density at radius 1 is 1.23 bits per heavy atom. The van der Waals surface area contributed by atoms with Gasteiger partial charge >= 0.3 is 0 Å². The molecule has 1 aromatic carbocycles. The van der Waals surface area contributed by atoms with Crippen molar-refractivity contribution < 1.29 is 9.72 Å².